The average molecular weight is 329 g/mol. The summed E-state index contributed by atoms with van der Waals surface area (Å²) in [6, 6.07) is 7.11. The number of nitrogens with one attached hydrogen (secondary N) is 1. The Kier molecular flexibility index (Phi) is 3.20. The molecule has 0 bridgehead atoms. The van der Waals surface area contributed by atoms with Crippen LogP contribution >= 0.6 is 11.6 Å². The maximum atomic E-state index is 12.6. The Morgan fingerprint density at radius 3 is 3.09 bits per heavy atom. The van der Waals surface area contributed by atoms with E-state index in [2.05, 4.69) is 15.3 Å². The molecule has 6 nitrogen and oxygen atoms in total. The molecule has 1 N–H and O–H groups in total. The average Bonchev–Trinajstić information content (AvgIpc) is 2.71. The highest BCUT2D eigenvalue weighted by Gasteiger charge is 2.20. The molecule has 7 heteroatoms. The first kappa shape index (κ1) is 14.0. The molecule has 23 heavy (non-hydrogen) atoms. The zero-order valence-electron chi connectivity index (χ0n) is 12.3. The number of hydrogen-bond donors (Lipinski definition) is 1. The van der Waals surface area contributed by atoms with Gasteiger partial charge in [0, 0.05) is 11.2 Å². The molecule has 3 aromatic rings. The highest BCUT2D eigenvalue weighted by atomic mass is 35.5. The summed E-state index contributed by atoms with van der Waals surface area (Å²) < 4.78 is 7.27. The number of nitrogens with zero attached hydrogens (tertiary/aromatic N) is 3. The lowest BCUT2D eigenvalue weighted by molar-refractivity contribution is 0.339. The molecule has 2 aromatic heterocycles. The summed E-state index contributed by atoms with van der Waals surface area (Å²) in [5, 5.41) is 4.38. The molecule has 1 aliphatic rings. The summed E-state index contributed by atoms with van der Waals surface area (Å²) in [5.74, 6) is 1.14. The van der Waals surface area contributed by atoms with Gasteiger partial charge in [-0.15, -0.1) is 0 Å². The fourth-order valence-electron chi connectivity index (χ4n) is 2.80. The molecule has 3 heterocycles. The molecular formula is C16H13ClN4O2. The standard InChI is InChI=1S/C16H13ClN4O2/c1-9-11(3-2-4-18-9)21-12-7-10(17)8-13-14(12)15(20-16(21)22)19-5-6-23-13/h2-4,7-8H,5-6H2,1H3,(H,19,20,22). The van der Waals surface area contributed by atoms with Crippen LogP contribution in [0.15, 0.2) is 35.3 Å². The molecule has 0 unspecified atom stereocenters. The largest absolute Gasteiger partial charge is 0.491 e. The number of ether oxygens (including phenoxy) is 1. The van der Waals surface area contributed by atoms with E-state index in [1.807, 2.05) is 13.0 Å². The van der Waals surface area contributed by atoms with Crippen LogP contribution in [-0.4, -0.2) is 27.7 Å². The van der Waals surface area contributed by atoms with Crippen LogP contribution in [0.4, 0.5) is 5.82 Å². The Labute approximate surface area is 136 Å². The summed E-state index contributed by atoms with van der Waals surface area (Å²) >= 11 is 6.23. The van der Waals surface area contributed by atoms with E-state index >= 15 is 0 Å². The van der Waals surface area contributed by atoms with Crippen molar-refractivity contribution >= 4 is 28.3 Å². The first-order chi connectivity index (χ1) is 11.1. The Morgan fingerprint density at radius 2 is 2.26 bits per heavy atom. The van der Waals surface area contributed by atoms with E-state index in [4.69, 9.17) is 16.3 Å². The molecule has 0 saturated carbocycles. The number of pyridine rings is 1. The lowest BCUT2D eigenvalue weighted by atomic mass is 10.2. The topological polar surface area (TPSA) is 69.0 Å². The molecule has 0 atom stereocenters. The fourth-order valence-corrected chi connectivity index (χ4v) is 3.01. The van der Waals surface area contributed by atoms with Crippen LogP contribution in [0.2, 0.25) is 5.02 Å². The van der Waals surface area contributed by atoms with Crippen LogP contribution in [0, 0.1) is 6.92 Å². The molecule has 0 saturated heterocycles. The highest BCUT2D eigenvalue weighted by molar-refractivity contribution is 6.31. The van der Waals surface area contributed by atoms with Gasteiger partial charge >= 0.3 is 5.69 Å². The van der Waals surface area contributed by atoms with Crippen molar-refractivity contribution in [1.82, 2.24) is 14.5 Å². The van der Waals surface area contributed by atoms with Gasteiger partial charge in [-0.3, -0.25) is 9.55 Å². The van der Waals surface area contributed by atoms with Crippen molar-refractivity contribution in [3.63, 3.8) is 0 Å². The minimum absolute atomic E-state index is 0.383. The van der Waals surface area contributed by atoms with E-state index in [9.17, 15) is 4.79 Å². The van der Waals surface area contributed by atoms with E-state index in [1.165, 1.54) is 4.57 Å². The summed E-state index contributed by atoms with van der Waals surface area (Å²) in [4.78, 5) is 21.1. The molecule has 0 aliphatic carbocycles. The van der Waals surface area contributed by atoms with Crippen LogP contribution in [0.1, 0.15) is 5.69 Å². The van der Waals surface area contributed by atoms with Gasteiger partial charge in [0.15, 0.2) is 0 Å². The van der Waals surface area contributed by atoms with Gasteiger partial charge in [-0.25, -0.2) is 4.79 Å². The summed E-state index contributed by atoms with van der Waals surface area (Å²) in [7, 11) is 0. The van der Waals surface area contributed by atoms with Crippen molar-refractivity contribution in [3.8, 4) is 11.4 Å². The van der Waals surface area contributed by atoms with Gasteiger partial charge in [-0.1, -0.05) is 11.6 Å². The van der Waals surface area contributed by atoms with E-state index in [-0.39, 0.29) is 5.69 Å². The van der Waals surface area contributed by atoms with Crippen LogP contribution < -0.4 is 15.7 Å². The van der Waals surface area contributed by atoms with Crippen molar-refractivity contribution in [2.45, 2.75) is 6.92 Å². The van der Waals surface area contributed by atoms with E-state index in [1.54, 1.807) is 24.4 Å². The van der Waals surface area contributed by atoms with Crippen molar-refractivity contribution < 1.29 is 4.74 Å². The number of benzene rings is 1. The first-order valence-corrected chi connectivity index (χ1v) is 7.58. The third kappa shape index (κ3) is 2.22. The number of hydrogen-bond acceptors (Lipinski definition) is 5. The Hall–Kier alpha value is -2.60. The van der Waals surface area contributed by atoms with Crippen molar-refractivity contribution in [2.75, 3.05) is 18.5 Å². The molecule has 0 amide bonds. The van der Waals surface area contributed by atoms with Gasteiger partial charge in [0.2, 0.25) is 0 Å². The second kappa shape index (κ2) is 5.24. The van der Waals surface area contributed by atoms with Gasteiger partial charge in [-0.2, -0.15) is 4.98 Å². The second-order valence-corrected chi connectivity index (χ2v) is 5.70. The van der Waals surface area contributed by atoms with Crippen molar-refractivity contribution in [1.29, 1.82) is 0 Å². The molecule has 0 radical (unpaired) electrons. The maximum Gasteiger partial charge on any atom is 0.354 e. The molecule has 0 spiro atoms. The summed E-state index contributed by atoms with van der Waals surface area (Å²) in [6.45, 7) is 2.90. The second-order valence-electron chi connectivity index (χ2n) is 5.26. The van der Waals surface area contributed by atoms with Crippen LogP contribution in [0.3, 0.4) is 0 Å². The third-order valence-corrected chi connectivity index (χ3v) is 4.01. The normalized spacial score (nSPS) is 13.3. The highest BCUT2D eigenvalue weighted by Crippen LogP contribution is 2.35. The maximum absolute atomic E-state index is 12.6. The number of halogens is 1. The monoisotopic (exact) mass is 328 g/mol. The van der Waals surface area contributed by atoms with Crippen LogP contribution in [0.25, 0.3) is 16.6 Å². The lowest BCUT2D eigenvalue weighted by Gasteiger charge is -2.15. The van der Waals surface area contributed by atoms with E-state index in [0.29, 0.717) is 40.9 Å². The SMILES string of the molecule is Cc1ncccc1-n1c(=O)nc2c3c(cc(Cl)cc31)OCCN2. The third-order valence-electron chi connectivity index (χ3n) is 3.79. The number of anilines is 1. The van der Waals surface area contributed by atoms with Crippen LogP contribution in [0.5, 0.6) is 5.75 Å². The number of rotatable bonds is 1. The van der Waals surface area contributed by atoms with Gasteiger partial charge in [0.1, 0.15) is 18.2 Å². The fraction of sp³-hybridized carbons (Fsp3) is 0.188. The van der Waals surface area contributed by atoms with E-state index in [0.717, 1.165) is 11.1 Å². The number of aryl methyl sites for hydroxylation is 1. The zero-order valence-corrected chi connectivity index (χ0v) is 13.1. The summed E-state index contributed by atoms with van der Waals surface area (Å²) in [6.07, 6.45) is 1.69. The lowest BCUT2D eigenvalue weighted by Crippen LogP contribution is -2.24. The molecule has 0 fully saturated rings. The van der Waals surface area contributed by atoms with Gasteiger partial charge in [0.25, 0.3) is 0 Å². The Balaban J connectivity index is 2.18. The van der Waals surface area contributed by atoms with Gasteiger partial charge in [-0.05, 0) is 31.2 Å². The van der Waals surface area contributed by atoms with Gasteiger partial charge in [0.05, 0.1) is 28.8 Å². The predicted octanol–water partition coefficient (Wildman–Crippen LogP) is 2.55. The van der Waals surface area contributed by atoms with Gasteiger partial charge < -0.3 is 10.1 Å². The first-order valence-electron chi connectivity index (χ1n) is 7.20. The summed E-state index contributed by atoms with van der Waals surface area (Å²) in [5.41, 5.74) is 1.67. The minimum atomic E-state index is -0.383. The number of aromatic nitrogens is 3. The van der Waals surface area contributed by atoms with Crippen LogP contribution in [-0.2, 0) is 0 Å². The minimum Gasteiger partial charge on any atom is -0.491 e. The smallest absolute Gasteiger partial charge is 0.354 e. The van der Waals surface area contributed by atoms with Crippen molar-refractivity contribution in [2.24, 2.45) is 0 Å². The zero-order chi connectivity index (χ0) is 16.0. The molecule has 1 aromatic carbocycles. The molecular weight excluding hydrogens is 316 g/mol. The predicted molar refractivity (Wildman–Crippen MR) is 88.9 cm³/mol. The molecule has 116 valence electrons. The quantitative estimate of drug-likeness (QED) is 0.743. The molecule has 4 rings (SSSR count). The molecule has 1 aliphatic heterocycles. The Morgan fingerprint density at radius 1 is 1.39 bits per heavy atom. The van der Waals surface area contributed by atoms with E-state index < -0.39 is 0 Å². The van der Waals surface area contributed by atoms with Crippen molar-refractivity contribution in [3.05, 3.63) is 51.7 Å². The Bertz CT molecular complexity index is 984.